The van der Waals surface area contributed by atoms with E-state index in [1.807, 2.05) is 36.4 Å². The second-order valence-electron chi connectivity index (χ2n) is 17.8. The lowest BCUT2D eigenvalue weighted by Gasteiger charge is -2.44. The number of hydrogen-bond acceptors (Lipinski definition) is 3. The highest BCUT2D eigenvalue weighted by atomic mass is 15.0. The van der Waals surface area contributed by atoms with Gasteiger partial charge in [0, 0.05) is 38.6 Å². The van der Waals surface area contributed by atoms with Crippen molar-refractivity contribution in [3.05, 3.63) is 156 Å². The van der Waals surface area contributed by atoms with Crippen molar-refractivity contribution in [2.75, 3.05) is 0 Å². The minimum Gasteiger partial charge on any atom is -0.309 e. The van der Waals surface area contributed by atoms with Crippen molar-refractivity contribution >= 4 is 21.8 Å². The van der Waals surface area contributed by atoms with Crippen LogP contribution in [0.1, 0.15) is 77.6 Å². The summed E-state index contributed by atoms with van der Waals surface area (Å²) in [6, 6.07) is 48.1. The molecule has 2 aliphatic rings. The van der Waals surface area contributed by atoms with Gasteiger partial charge in [-0.15, -0.1) is 0 Å². The van der Waals surface area contributed by atoms with Crippen molar-refractivity contribution in [3.63, 3.8) is 0 Å². The molecule has 2 heterocycles. The smallest absolute Gasteiger partial charge is 0.164 e. The summed E-state index contributed by atoms with van der Waals surface area (Å²) in [5.74, 6) is 1.97. The molecule has 0 saturated heterocycles. The monoisotopic (exact) mass is 714 g/mol. The van der Waals surface area contributed by atoms with Crippen LogP contribution in [0, 0.1) is 5.41 Å². The van der Waals surface area contributed by atoms with Crippen molar-refractivity contribution in [2.24, 2.45) is 5.41 Å². The summed E-state index contributed by atoms with van der Waals surface area (Å²) in [6.07, 6.45) is 0. The minimum atomic E-state index is -0.119. The average molecular weight is 715 g/mol. The van der Waals surface area contributed by atoms with Gasteiger partial charge in [0.2, 0.25) is 0 Å². The van der Waals surface area contributed by atoms with Gasteiger partial charge in [0.1, 0.15) is 0 Å². The second-order valence-corrected chi connectivity index (χ2v) is 17.8. The highest BCUT2D eigenvalue weighted by Crippen LogP contribution is 2.62. The fourth-order valence-corrected chi connectivity index (χ4v) is 9.74. The Hall–Kier alpha value is -5.87. The summed E-state index contributed by atoms with van der Waals surface area (Å²) >= 11 is 0. The molecule has 270 valence electrons. The molecule has 0 aliphatic heterocycles. The summed E-state index contributed by atoms with van der Waals surface area (Å²) in [4.78, 5) is 15.2. The van der Waals surface area contributed by atoms with E-state index in [0.29, 0.717) is 17.5 Å². The second kappa shape index (κ2) is 11.3. The summed E-state index contributed by atoms with van der Waals surface area (Å²) in [5.41, 5.74) is 14.6. The predicted octanol–water partition coefficient (Wildman–Crippen LogP) is 12.9. The van der Waals surface area contributed by atoms with Gasteiger partial charge < -0.3 is 4.57 Å². The number of benzene rings is 6. The van der Waals surface area contributed by atoms with Gasteiger partial charge >= 0.3 is 0 Å². The van der Waals surface area contributed by atoms with E-state index in [2.05, 4.69) is 157 Å². The lowest BCUT2D eigenvalue weighted by atomic mass is 9.59. The van der Waals surface area contributed by atoms with Crippen LogP contribution in [0.25, 0.3) is 72.8 Å². The molecular weight excluding hydrogens is 669 g/mol. The first-order valence-corrected chi connectivity index (χ1v) is 19.5. The molecule has 10 rings (SSSR count). The number of aromatic nitrogens is 4. The molecule has 0 saturated carbocycles. The third-order valence-corrected chi connectivity index (χ3v) is 14.1. The Kier molecular flexibility index (Phi) is 6.94. The van der Waals surface area contributed by atoms with E-state index >= 15 is 0 Å². The standard InChI is InChI=1S/C51H46N4/c1-48(2)39-25-16-15-24-35(39)36-27-37-38-28-41-42(50(5,6)51(7,8)49(41,3)4)30-44(38)55(43(37)29-40(36)48)34-23-17-22-33(26-34)47-53-45(31-18-11-9-12-19-31)52-46(54-47)32-20-13-10-14-21-32/h9-30H,1-8H3. The summed E-state index contributed by atoms with van der Waals surface area (Å²) < 4.78 is 2.50. The highest BCUT2D eigenvalue weighted by molar-refractivity contribution is 6.12. The first-order chi connectivity index (χ1) is 26.3. The predicted molar refractivity (Wildman–Crippen MR) is 228 cm³/mol. The third kappa shape index (κ3) is 4.61. The maximum absolute atomic E-state index is 5.10. The summed E-state index contributed by atoms with van der Waals surface area (Å²) in [5, 5.41) is 2.58. The average Bonchev–Trinajstić information content (AvgIpc) is 3.67. The molecule has 0 fully saturated rings. The quantitative estimate of drug-likeness (QED) is 0.182. The van der Waals surface area contributed by atoms with Crippen molar-refractivity contribution in [1.29, 1.82) is 0 Å². The number of hydrogen-bond donors (Lipinski definition) is 0. The van der Waals surface area contributed by atoms with E-state index in [1.165, 1.54) is 55.2 Å². The number of fused-ring (bicyclic) bond motifs is 7. The van der Waals surface area contributed by atoms with Crippen LogP contribution in [0.2, 0.25) is 0 Å². The van der Waals surface area contributed by atoms with Gasteiger partial charge in [0.05, 0.1) is 11.0 Å². The molecule has 0 atom stereocenters. The van der Waals surface area contributed by atoms with Crippen molar-refractivity contribution < 1.29 is 0 Å². The summed E-state index contributed by atoms with van der Waals surface area (Å²) in [7, 11) is 0. The first-order valence-electron chi connectivity index (χ1n) is 19.5. The van der Waals surface area contributed by atoms with Gasteiger partial charge in [-0.2, -0.15) is 0 Å². The van der Waals surface area contributed by atoms with Crippen molar-refractivity contribution in [3.8, 4) is 51.0 Å². The zero-order chi connectivity index (χ0) is 38.1. The molecule has 0 spiro atoms. The lowest BCUT2D eigenvalue weighted by molar-refractivity contribution is 0.125. The Labute approximate surface area is 324 Å². The van der Waals surface area contributed by atoms with Gasteiger partial charge in [0.15, 0.2) is 17.5 Å². The van der Waals surface area contributed by atoms with Crippen LogP contribution < -0.4 is 0 Å². The molecule has 8 aromatic rings. The molecule has 6 aromatic carbocycles. The fraction of sp³-hybridized carbons (Fsp3) is 0.235. The molecule has 4 heteroatoms. The van der Waals surface area contributed by atoms with Gasteiger partial charge in [0.25, 0.3) is 0 Å². The Morgan fingerprint density at radius 1 is 0.400 bits per heavy atom. The van der Waals surface area contributed by atoms with Crippen molar-refractivity contribution in [1.82, 2.24) is 19.5 Å². The molecule has 4 nitrogen and oxygen atoms in total. The Morgan fingerprint density at radius 3 is 1.51 bits per heavy atom. The molecule has 2 aliphatic carbocycles. The molecular formula is C51H46N4. The lowest BCUT2D eigenvalue weighted by Crippen LogP contribution is -2.42. The highest BCUT2D eigenvalue weighted by Gasteiger charge is 2.57. The van der Waals surface area contributed by atoms with E-state index in [1.54, 1.807) is 0 Å². The maximum atomic E-state index is 5.10. The minimum absolute atomic E-state index is 0.00864. The van der Waals surface area contributed by atoms with E-state index in [0.717, 1.165) is 22.4 Å². The van der Waals surface area contributed by atoms with Gasteiger partial charge in [-0.25, -0.2) is 15.0 Å². The SMILES string of the molecule is CC1(C)c2ccccc2-c2cc3c4cc5c(cc4n(-c4cccc(-c6nc(-c7ccccc7)nc(-c7ccccc7)n6)c4)c3cc21)C(C)(C)C(C)(C)C5(C)C. The van der Waals surface area contributed by atoms with Crippen LogP contribution in [-0.4, -0.2) is 19.5 Å². The van der Waals surface area contributed by atoms with Crippen LogP contribution in [-0.2, 0) is 16.2 Å². The van der Waals surface area contributed by atoms with E-state index in [-0.39, 0.29) is 21.7 Å². The normalized spacial score (nSPS) is 16.9. The van der Waals surface area contributed by atoms with Gasteiger partial charge in [-0.3, -0.25) is 0 Å². The molecule has 2 aromatic heterocycles. The number of rotatable bonds is 4. The zero-order valence-corrected chi connectivity index (χ0v) is 33.0. The van der Waals surface area contributed by atoms with E-state index in [9.17, 15) is 0 Å². The Morgan fingerprint density at radius 2 is 0.891 bits per heavy atom. The van der Waals surface area contributed by atoms with E-state index in [4.69, 9.17) is 15.0 Å². The number of nitrogens with zero attached hydrogens (tertiary/aromatic N) is 4. The Bertz CT molecular complexity index is 2800. The Balaban J connectivity index is 1.25. The summed E-state index contributed by atoms with van der Waals surface area (Å²) in [6.45, 7) is 19.4. The van der Waals surface area contributed by atoms with E-state index < -0.39 is 0 Å². The van der Waals surface area contributed by atoms with Crippen LogP contribution in [0.3, 0.4) is 0 Å². The van der Waals surface area contributed by atoms with Crippen LogP contribution in [0.5, 0.6) is 0 Å². The molecule has 0 bridgehead atoms. The first kappa shape index (κ1) is 33.7. The molecule has 0 amide bonds. The van der Waals surface area contributed by atoms with Gasteiger partial charge in [-0.1, -0.05) is 152 Å². The molecule has 0 unspecified atom stereocenters. The van der Waals surface area contributed by atoms with Crippen LogP contribution in [0.15, 0.2) is 133 Å². The largest absolute Gasteiger partial charge is 0.309 e. The molecule has 0 N–H and O–H groups in total. The topological polar surface area (TPSA) is 43.6 Å². The van der Waals surface area contributed by atoms with Crippen molar-refractivity contribution in [2.45, 2.75) is 71.6 Å². The molecule has 55 heavy (non-hydrogen) atoms. The van der Waals surface area contributed by atoms with Gasteiger partial charge in [-0.05, 0) is 86.0 Å². The third-order valence-electron chi connectivity index (χ3n) is 14.1. The van der Waals surface area contributed by atoms with Crippen LogP contribution in [0.4, 0.5) is 0 Å². The maximum Gasteiger partial charge on any atom is 0.164 e. The molecule has 0 radical (unpaired) electrons. The zero-order valence-electron chi connectivity index (χ0n) is 33.0. The van der Waals surface area contributed by atoms with Crippen LogP contribution >= 0.6 is 0 Å². The fourth-order valence-electron chi connectivity index (χ4n) is 9.74.